The van der Waals surface area contributed by atoms with Crippen molar-refractivity contribution in [2.24, 2.45) is 0 Å². The highest BCUT2D eigenvalue weighted by atomic mass is 16.5. The summed E-state index contributed by atoms with van der Waals surface area (Å²) in [6.07, 6.45) is 6.02. The van der Waals surface area contributed by atoms with Crippen LogP contribution in [-0.2, 0) is 4.74 Å². The molecule has 0 spiro atoms. The zero-order valence-electron chi connectivity index (χ0n) is 12.4. The van der Waals surface area contributed by atoms with E-state index in [2.05, 4.69) is 10.3 Å². The molecule has 5 nitrogen and oxygen atoms in total. The maximum Gasteiger partial charge on any atom is 0.255 e. The first-order valence-electron chi connectivity index (χ1n) is 7.07. The van der Waals surface area contributed by atoms with Crippen molar-refractivity contribution >= 4 is 11.7 Å². The fourth-order valence-corrected chi connectivity index (χ4v) is 2.64. The van der Waals surface area contributed by atoms with Gasteiger partial charge in [-0.15, -0.1) is 0 Å². The lowest BCUT2D eigenvalue weighted by Gasteiger charge is -2.28. The van der Waals surface area contributed by atoms with Gasteiger partial charge in [-0.2, -0.15) is 0 Å². The van der Waals surface area contributed by atoms with Crippen molar-refractivity contribution in [2.75, 3.05) is 26.1 Å². The molecule has 0 aromatic carbocycles. The number of nitrogens with one attached hydrogen (secondary N) is 1. The molecule has 5 heteroatoms. The van der Waals surface area contributed by atoms with Crippen LogP contribution in [0.1, 0.15) is 36.0 Å². The lowest BCUT2D eigenvalue weighted by molar-refractivity contribution is 0.0599. The van der Waals surface area contributed by atoms with Crippen molar-refractivity contribution in [3.8, 4) is 0 Å². The van der Waals surface area contributed by atoms with Crippen molar-refractivity contribution in [3.05, 3.63) is 23.9 Å². The average Bonchev–Trinajstić information content (AvgIpc) is 2.48. The van der Waals surface area contributed by atoms with Crippen LogP contribution in [0.4, 0.5) is 5.82 Å². The quantitative estimate of drug-likeness (QED) is 0.912. The van der Waals surface area contributed by atoms with Gasteiger partial charge in [-0.05, 0) is 37.8 Å². The molecule has 0 saturated heterocycles. The van der Waals surface area contributed by atoms with E-state index >= 15 is 0 Å². The molecule has 1 amide bonds. The van der Waals surface area contributed by atoms with Crippen molar-refractivity contribution < 1.29 is 9.53 Å². The average molecular weight is 277 g/mol. The molecule has 0 aliphatic heterocycles. The normalized spacial score (nSPS) is 22.4. The van der Waals surface area contributed by atoms with E-state index in [9.17, 15) is 4.79 Å². The van der Waals surface area contributed by atoms with Gasteiger partial charge in [0.2, 0.25) is 0 Å². The van der Waals surface area contributed by atoms with Crippen LogP contribution in [0.2, 0.25) is 0 Å². The maximum absolute atomic E-state index is 12.4. The fourth-order valence-electron chi connectivity index (χ4n) is 2.64. The third-order valence-corrected chi connectivity index (χ3v) is 3.80. The van der Waals surface area contributed by atoms with Crippen LogP contribution in [-0.4, -0.2) is 44.2 Å². The molecule has 0 bridgehead atoms. The fraction of sp³-hybridized carbons (Fsp3) is 0.600. The predicted molar refractivity (Wildman–Crippen MR) is 79.1 cm³/mol. The lowest BCUT2D eigenvalue weighted by atomic mass is 9.93. The minimum absolute atomic E-state index is 0.0392. The number of hydrogen-bond donors (Lipinski definition) is 1. The van der Waals surface area contributed by atoms with E-state index in [1.165, 1.54) is 0 Å². The molecule has 1 saturated carbocycles. The molecular formula is C15H23N3O2. The summed E-state index contributed by atoms with van der Waals surface area (Å²) in [4.78, 5) is 18.5. The number of methoxy groups -OCH3 is 1. The Morgan fingerprint density at radius 1 is 1.35 bits per heavy atom. The van der Waals surface area contributed by atoms with Crippen LogP contribution in [0.5, 0.6) is 0 Å². The Morgan fingerprint density at radius 3 is 2.65 bits per heavy atom. The minimum atomic E-state index is -0.0392. The zero-order valence-corrected chi connectivity index (χ0v) is 12.4. The Bertz CT molecular complexity index is 454. The number of pyridine rings is 1. The van der Waals surface area contributed by atoms with Crippen molar-refractivity contribution in [3.63, 3.8) is 0 Å². The second-order valence-electron chi connectivity index (χ2n) is 5.45. The van der Waals surface area contributed by atoms with Gasteiger partial charge in [0.15, 0.2) is 0 Å². The molecule has 1 aliphatic rings. The van der Waals surface area contributed by atoms with E-state index in [-0.39, 0.29) is 11.9 Å². The number of hydrogen-bond acceptors (Lipinski definition) is 4. The number of aromatic nitrogens is 1. The summed E-state index contributed by atoms with van der Waals surface area (Å²) >= 11 is 0. The summed E-state index contributed by atoms with van der Waals surface area (Å²) < 4.78 is 5.35. The molecule has 110 valence electrons. The minimum Gasteiger partial charge on any atom is -0.381 e. The summed E-state index contributed by atoms with van der Waals surface area (Å²) in [5, 5.41) is 3.11. The van der Waals surface area contributed by atoms with E-state index in [0.29, 0.717) is 17.5 Å². The molecule has 0 atom stereocenters. The highest BCUT2D eigenvalue weighted by Crippen LogP contribution is 2.22. The van der Waals surface area contributed by atoms with Crippen LogP contribution in [0.3, 0.4) is 0 Å². The zero-order chi connectivity index (χ0) is 14.5. The monoisotopic (exact) mass is 277 g/mol. The van der Waals surface area contributed by atoms with Crippen LogP contribution < -0.4 is 10.2 Å². The van der Waals surface area contributed by atoms with E-state index < -0.39 is 0 Å². The SMILES string of the molecule is COC1CCC(NC(=O)c2cccnc2N(C)C)CC1. The number of amides is 1. The maximum atomic E-state index is 12.4. The number of anilines is 1. The third-order valence-electron chi connectivity index (χ3n) is 3.80. The highest BCUT2D eigenvalue weighted by Gasteiger charge is 2.23. The number of carbonyl (C=O) groups is 1. The molecule has 20 heavy (non-hydrogen) atoms. The first-order valence-corrected chi connectivity index (χ1v) is 7.07. The number of nitrogens with zero attached hydrogens (tertiary/aromatic N) is 2. The van der Waals surface area contributed by atoms with Crippen LogP contribution in [0, 0.1) is 0 Å². The van der Waals surface area contributed by atoms with Gasteiger partial charge < -0.3 is 15.0 Å². The third kappa shape index (κ3) is 3.48. The summed E-state index contributed by atoms with van der Waals surface area (Å²) in [5.41, 5.74) is 0.631. The van der Waals surface area contributed by atoms with Crippen LogP contribution in [0.25, 0.3) is 0 Å². The van der Waals surface area contributed by atoms with E-state index in [0.717, 1.165) is 25.7 Å². The van der Waals surface area contributed by atoms with E-state index in [1.54, 1.807) is 19.4 Å². The second kappa shape index (κ2) is 6.70. The Balaban J connectivity index is 1.99. The molecule has 1 aromatic heterocycles. The van der Waals surface area contributed by atoms with Gasteiger partial charge in [0.25, 0.3) is 5.91 Å². The first-order chi connectivity index (χ1) is 9.61. The molecule has 1 fully saturated rings. The first kappa shape index (κ1) is 14.8. The predicted octanol–water partition coefficient (Wildman–Crippen LogP) is 1.83. The molecule has 1 aliphatic carbocycles. The standard InChI is InChI=1S/C15H23N3O2/c1-18(2)14-13(5-4-10-16-14)15(19)17-11-6-8-12(20-3)9-7-11/h4-5,10-12H,6-9H2,1-3H3,(H,17,19). The van der Waals surface area contributed by atoms with Crippen molar-refractivity contribution in [2.45, 2.75) is 37.8 Å². The summed E-state index contributed by atoms with van der Waals surface area (Å²) in [7, 11) is 5.54. The number of carbonyl (C=O) groups excluding carboxylic acids is 1. The molecule has 2 rings (SSSR count). The summed E-state index contributed by atoms with van der Waals surface area (Å²) in [6, 6.07) is 3.85. The Morgan fingerprint density at radius 2 is 2.05 bits per heavy atom. The summed E-state index contributed by atoms with van der Waals surface area (Å²) in [5.74, 6) is 0.665. The summed E-state index contributed by atoms with van der Waals surface area (Å²) in [6.45, 7) is 0. The molecular weight excluding hydrogens is 254 g/mol. The molecule has 0 unspecified atom stereocenters. The molecule has 1 N–H and O–H groups in total. The van der Waals surface area contributed by atoms with Crippen LogP contribution in [0.15, 0.2) is 18.3 Å². The Labute approximate surface area is 120 Å². The second-order valence-corrected chi connectivity index (χ2v) is 5.45. The van der Waals surface area contributed by atoms with Crippen molar-refractivity contribution in [1.82, 2.24) is 10.3 Å². The van der Waals surface area contributed by atoms with Gasteiger partial charge in [-0.3, -0.25) is 4.79 Å². The lowest BCUT2D eigenvalue weighted by Crippen LogP contribution is -2.39. The molecule has 0 radical (unpaired) electrons. The van der Waals surface area contributed by atoms with Gasteiger partial charge in [-0.25, -0.2) is 4.98 Å². The molecule has 1 aromatic rings. The molecule has 1 heterocycles. The van der Waals surface area contributed by atoms with E-state index in [1.807, 2.05) is 25.1 Å². The van der Waals surface area contributed by atoms with Crippen molar-refractivity contribution in [1.29, 1.82) is 0 Å². The van der Waals surface area contributed by atoms with Gasteiger partial charge in [0.05, 0.1) is 11.7 Å². The smallest absolute Gasteiger partial charge is 0.255 e. The highest BCUT2D eigenvalue weighted by molar-refractivity contribution is 5.98. The van der Waals surface area contributed by atoms with E-state index in [4.69, 9.17) is 4.74 Å². The van der Waals surface area contributed by atoms with Gasteiger partial charge >= 0.3 is 0 Å². The number of ether oxygens (including phenoxy) is 1. The largest absolute Gasteiger partial charge is 0.381 e. The van der Waals surface area contributed by atoms with Gasteiger partial charge in [0.1, 0.15) is 5.82 Å². The Kier molecular flexibility index (Phi) is 4.95. The topological polar surface area (TPSA) is 54.5 Å². The van der Waals surface area contributed by atoms with Gasteiger partial charge in [0, 0.05) is 33.4 Å². The van der Waals surface area contributed by atoms with Crippen LogP contribution >= 0.6 is 0 Å². The number of rotatable bonds is 4. The van der Waals surface area contributed by atoms with Gasteiger partial charge in [-0.1, -0.05) is 0 Å². The Hall–Kier alpha value is -1.62.